The zero-order valence-corrected chi connectivity index (χ0v) is 10.0. The maximum atomic E-state index is 10.5. The summed E-state index contributed by atoms with van der Waals surface area (Å²) in [5.41, 5.74) is 11.6. The van der Waals surface area contributed by atoms with Gasteiger partial charge in [0.2, 0.25) is 0 Å². The first-order valence-electron chi connectivity index (χ1n) is 5.40. The lowest BCUT2D eigenvalue weighted by Crippen LogP contribution is -2.33. The van der Waals surface area contributed by atoms with E-state index in [4.69, 9.17) is 11.5 Å². The normalized spacial score (nSPS) is 10.3. The molecule has 17 heavy (non-hydrogen) atoms. The predicted octanol–water partition coefficient (Wildman–Crippen LogP) is 0.262. The van der Waals surface area contributed by atoms with Crippen LogP contribution in [0.5, 0.6) is 0 Å². The van der Waals surface area contributed by atoms with E-state index in [2.05, 4.69) is 20.6 Å². The van der Waals surface area contributed by atoms with Crippen molar-refractivity contribution in [3.63, 3.8) is 0 Å². The van der Waals surface area contributed by atoms with Gasteiger partial charge in [0.05, 0.1) is 0 Å². The SMILES string of the molecule is CC(C)c1c(N)ncnc1NCCNC(N)=O. The molecule has 7 heteroatoms. The van der Waals surface area contributed by atoms with Gasteiger partial charge in [0, 0.05) is 18.7 Å². The number of anilines is 2. The van der Waals surface area contributed by atoms with E-state index < -0.39 is 6.03 Å². The standard InChI is InChI=1S/C10H18N6O/c1-6(2)7-8(11)15-5-16-9(7)13-3-4-14-10(12)17/h5-6H,3-4H2,1-2H3,(H3,12,14,17)(H3,11,13,15,16). The van der Waals surface area contributed by atoms with Gasteiger partial charge in [-0.05, 0) is 5.92 Å². The number of primary amides is 1. The number of urea groups is 1. The Kier molecular flexibility index (Phi) is 4.50. The average molecular weight is 238 g/mol. The van der Waals surface area contributed by atoms with Crippen LogP contribution in [0.4, 0.5) is 16.4 Å². The molecular weight excluding hydrogens is 220 g/mol. The second-order valence-electron chi connectivity index (χ2n) is 3.89. The third-order valence-electron chi connectivity index (χ3n) is 2.21. The summed E-state index contributed by atoms with van der Waals surface area (Å²) < 4.78 is 0. The number of rotatable bonds is 5. The smallest absolute Gasteiger partial charge is 0.312 e. The highest BCUT2D eigenvalue weighted by atomic mass is 16.2. The monoisotopic (exact) mass is 238 g/mol. The molecule has 0 unspecified atom stereocenters. The van der Waals surface area contributed by atoms with Crippen LogP contribution in [0, 0.1) is 0 Å². The molecule has 2 amide bonds. The molecule has 94 valence electrons. The lowest BCUT2D eigenvalue weighted by molar-refractivity contribution is 0.249. The summed E-state index contributed by atoms with van der Waals surface area (Å²) in [5, 5.41) is 5.57. The summed E-state index contributed by atoms with van der Waals surface area (Å²) in [6.45, 7) is 4.99. The van der Waals surface area contributed by atoms with Crippen LogP contribution in [0.25, 0.3) is 0 Å². The number of hydrogen-bond donors (Lipinski definition) is 4. The second kappa shape index (κ2) is 5.88. The molecule has 1 aromatic rings. The molecule has 1 rings (SSSR count). The van der Waals surface area contributed by atoms with Crippen molar-refractivity contribution >= 4 is 17.7 Å². The van der Waals surface area contributed by atoms with Crippen LogP contribution in [-0.2, 0) is 0 Å². The summed E-state index contributed by atoms with van der Waals surface area (Å²) in [6.07, 6.45) is 1.41. The van der Waals surface area contributed by atoms with Crippen molar-refractivity contribution < 1.29 is 4.79 Å². The molecule has 7 nitrogen and oxygen atoms in total. The van der Waals surface area contributed by atoms with Gasteiger partial charge in [0.15, 0.2) is 0 Å². The number of nitrogens with zero attached hydrogens (tertiary/aromatic N) is 2. The largest absolute Gasteiger partial charge is 0.383 e. The Hall–Kier alpha value is -2.05. The first-order valence-corrected chi connectivity index (χ1v) is 5.40. The number of nitrogens with one attached hydrogen (secondary N) is 2. The first kappa shape index (κ1) is 13.0. The minimum atomic E-state index is -0.543. The molecule has 0 aliphatic rings. The lowest BCUT2D eigenvalue weighted by atomic mass is 10.0. The van der Waals surface area contributed by atoms with Crippen molar-refractivity contribution in [3.8, 4) is 0 Å². The molecule has 0 saturated carbocycles. The van der Waals surface area contributed by atoms with Crippen LogP contribution >= 0.6 is 0 Å². The zero-order chi connectivity index (χ0) is 12.8. The van der Waals surface area contributed by atoms with E-state index in [9.17, 15) is 4.79 Å². The highest BCUT2D eigenvalue weighted by molar-refractivity contribution is 5.71. The van der Waals surface area contributed by atoms with E-state index in [0.717, 1.165) is 5.56 Å². The van der Waals surface area contributed by atoms with E-state index in [1.54, 1.807) is 0 Å². The van der Waals surface area contributed by atoms with Gasteiger partial charge in [-0.1, -0.05) is 13.8 Å². The highest BCUT2D eigenvalue weighted by Gasteiger charge is 2.12. The Morgan fingerprint density at radius 1 is 1.41 bits per heavy atom. The maximum Gasteiger partial charge on any atom is 0.312 e. The lowest BCUT2D eigenvalue weighted by Gasteiger charge is -2.14. The Bertz CT molecular complexity index is 392. The molecule has 1 aromatic heterocycles. The topological polar surface area (TPSA) is 119 Å². The maximum absolute atomic E-state index is 10.5. The minimum absolute atomic E-state index is 0.225. The zero-order valence-electron chi connectivity index (χ0n) is 10.0. The third-order valence-corrected chi connectivity index (χ3v) is 2.21. The summed E-state index contributed by atoms with van der Waals surface area (Å²) in [5.74, 6) is 1.39. The molecule has 1 heterocycles. The molecule has 0 aliphatic carbocycles. The fourth-order valence-electron chi connectivity index (χ4n) is 1.49. The Labute approximate surface area is 100 Å². The van der Waals surface area contributed by atoms with Crippen molar-refractivity contribution in [2.45, 2.75) is 19.8 Å². The van der Waals surface area contributed by atoms with Crippen LogP contribution in [-0.4, -0.2) is 29.1 Å². The number of aromatic nitrogens is 2. The number of amides is 2. The molecule has 0 bridgehead atoms. The Morgan fingerprint density at radius 3 is 2.71 bits per heavy atom. The van der Waals surface area contributed by atoms with Gasteiger partial charge in [0.25, 0.3) is 0 Å². The van der Waals surface area contributed by atoms with Gasteiger partial charge in [-0.3, -0.25) is 0 Å². The quantitative estimate of drug-likeness (QED) is 0.549. The van der Waals surface area contributed by atoms with E-state index in [-0.39, 0.29) is 5.92 Å². The molecule has 0 radical (unpaired) electrons. The molecule has 0 aromatic carbocycles. The van der Waals surface area contributed by atoms with Crippen molar-refractivity contribution in [1.29, 1.82) is 0 Å². The van der Waals surface area contributed by atoms with Crippen LogP contribution in [0.2, 0.25) is 0 Å². The highest BCUT2D eigenvalue weighted by Crippen LogP contribution is 2.25. The van der Waals surface area contributed by atoms with Crippen molar-refractivity contribution in [2.75, 3.05) is 24.1 Å². The number of carbonyl (C=O) groups is 1. The van der Waals surface area contributed by atoms with Crippen molar-refractivity contribution in [2.24, 2.45) is 5.73 Å². The van der Waals surface area contributed by atoms with Crippen LogP contribution in [0.15, 0.2) is 6.33 Å². The molecular formula is C10H18N6O. The van der Waals surface area contributed by atoms with E-state index >= 15 is 0 Å². The van der Waals surface area contributed by atoms with Gasteiger partial charge >= 0.3 is 6.03 Å². The van der Waals surface area contributed by atoms with Gasteiger partial charge in [-0.2, -0.15) is 0 Å². The molecule has 0 aliphatic heterocycles. The summed E-state index contributed by atoms with van der Waals surface area (Å²) in [7, 11) is 0. The predicted molar refractivity (Wildman–Crippen MR) is 66.6 cm³/mol. The second-order valence-corrected chi connectivity index (χ2v) is 3.89. The fraction of sp³-hybridized carbons (Fsp3) is 0.500. The number of nitrogen functional groups attached to an aromatic ring is 1. The molecule has 0 spiro atoms. The van der Waals surface area contributed by atoms with E-state index in [0.29, 0.717) is 24.7 Å². The van der Waals surface area contributed by atoms with Gasteiger partial charge < -0.3 is 22.1 Å². The van der Waals surface area contributed by atoms with Gasteiger partial charge in [-0.25, -0.2) is 14.8 Å². The Morgan fingerprint density at radius 2 is 2.12 bits per heavy atom. The van der Waals surface area contributed by atoms with Crippen molar-refractivity contribution in [1.82, 2.24) is 15.3 Å². The average Bonchev–Trinajstić information content (AvgIpc) is 2.23. The number of hydrogen-bond acceptors (Lipinski definition) is 5. The van der Waals surface area contributed by atoms with Crippen molar-refractivity contribution in [3.05, 3.63) is 11.9 Å². The van der Waals surface area contributed by atoms with Crippen LogP contribution in [0.1, 0.15) is 25.3 Å². The summed E-state index contributed by atoms with van der Waals surface area (Å²) >= 11 is 0. The molecule has 0 fully saturated rings. The molecule has 0 atom stereocenters. The first-order chi connectivity index (χ1) is 8.02. The summed E-state index contributed by atoms with van der Waals surface area (Å²) in [4.78, 5) is 18.6. The molecule has 6 N–H and O–H groups in total. The summed E-state index contributed by atoms with van der Waals surface area (Å²) in [6, 6.07) is -0.543. The van der Waals surface area contributed by atoms with Gasteiger partial charge in [0.1, 0.15) is 18.0 Å². The van der Waals surface area contributed by atoms with Gasteiger partial charge in [-0.15, -0.1) is 0 Å². The number of carbonyl (C=O) groups excluding carboxylic acids is 1. The van der Waals surface area contributed by atoms with Crippen LogP contribution in [0.3, 0.4) is 0 Å². The third kappa shape index (κ3) is 3.78. The molecule has 0 saturated heterocycles. The van der Waals surface area contributed by atoms with Crippen LogP contribution < -0.4 is 22.1 Å². The fourth-order valence-corrected chi connectivity index (χ4v) is 1.49. The van der Waals surface area contributed by atoms with E-state index in [1.165, 1.54) is 6.33 Å². The van der Waals surface area contributed by atoms with E-state index in [1.807, 2.05) is 13.8 Å². The Balaban J connectivity index is 2.64. The minimum Gasteiger partial charge on any atom is -0.383 e. The number of nitrogens with two attached hydrogens (primary N) is 2.